The fourth-order valence-corrected chi connectivity index (χ4v) is 3.83. The van der Waals surface area contributed by atoms with Gasteiger partial charge in [-0.25, -0.2) is 4.39 Å². The number of benzene rings is 2. The van der Waals surface area contributed by atoms with Crippen molar-refractivity contribution in [1.29, 1.82) is 0 Å². The molecule has 2 aromatic carbocycles. The number of aryl methyl sites for hydroxylation is 1. The number of hydrogen-bond acceptors (Lipinski definition) is 4. The van der Waals surface area contributed by atoms with Gasteiger partial charge < -0.3 is 21.7 Å². The fraction of sp³-hybridized carbons (Fsp3) is 0.400. The molecule has 8 heteroatoms. The predicted molar refractivity (Wildman–Crippen MR) is 125 cm³/mol. The van der Waals surface area contributed by atoms with Crippen molar-refractivity contribution >= 4 is 17.7 Å². The largest absolute Gasteiger partial charge is 0.368 e. The van der Waals surface area contributed by atoms with Crippen molar-refractivity contribution in [3.8, 4) is 0 Å². The molecule has 1 unspecified atom stereocenters. The lowest BCUT2D eigenvalue weighted by atomic mass is 9.98. The molecule has 178 valence electrons. The van der Waals surface area contributed by atoms with Crippen LogP contribution in [0, 0.1) is 18.7 Å². The first-order valence-electron chi connectivity index (χ1n) is 10.9. The van der Waals surface area contributed by atoms with Gasteiger partial charge in [-0.3, -0.25) is 14.4 Å². The van der Waals surface area contributed by atoms with E-state index in [1.165, 1.54) is 18.0 Å². The van der Waals surface area contributed by atoms with E-state index in [1.54, 1.807) is 32.9 Å². The molecule has 0 radical (unpaired) electrons. The summed E-state index contributed by atoms with van der Waals surface area (Å²) in [7, 11) is 1.53. The molecule has 0 aliphatic rings. The molecule has 0 saturated carbocycles. The topological polar surface area (TPSA) is 119 Å². The summed E-state index contributed by atoms with van der Waals surface area (Å²) in [6.45, 7) is 5.23. The van der Waals surface area contributed by atoms with Crippen LogP contribution in [0.25, 0.3) is 0 Å². The Morgan fingerprint density at radius 2 is 1.67 bits per heavy atom. The maximum absolute atomic E-state index is 13.6. The first-order chi connectivity index (χ1) is 15.5. The van der Waals surface area contributed by atoms with E-state index in [-0.39, 0.29) is 24.1 Å². The van der Waals surface area contributed by atoms with Crippen LogP contribution in [0.2, 0.25) is 0 Å². The van der Waals surface area contributed by atoms with Gasteiger partial charge in [0.15, 0.2) is 0 Å². The van der Waals surface area contributed by atoms with E-state index < -0.39 is 29.9 Å². The SMILES string of the molecule is Cc1cc(CC(NC(=O)[C@H](C(C)C)N(C)C(=O)[C@@H](N)Cc2ccccc2)C(N)=O)ccc1F. The molecule has 0 bridgehead atoms. The van der Waals surface area contributed by atoms with Gasteiger partial charge in [0, 0.05) is 13.5 Å². The highest BCUT2D eigenvalue weighted by molar-refractivity contribution is 5.93. The third-order valence-electron chi connectivity index (χ3n) is 5.60. The first kappa shape index (κ1) is 26.0. The zero-order chi connectivity index (χ0) is 24.7. The summed E-state index contributed by atoms with van der Waals surface area (Å²) in [5.74, 6) is -2.20. The number of carbonyl (C=O) groups is 3. The number of nitrogens with one attached hydrogen (secondary N) is 1. The summed E-state index contributed by atoms with van der Waals surface area (Å²) in [6.07, 6.45) is 0.447. The van der Waals surface area contributed by atoms with Gasteiger partial charge in [-0.2, -0.15) is 0 Å². The van der Waals surface area contributed by atoms with E-state index >= 15 is 0 Å². The smallest absolute Gasteiger partial charge is 0.243 e. The lowest BCUT2D eigenvalue weighted by molar-refractivity contribution is -0.142. The number of nitrogens with zero attached hydrogens (tertiary/aromatic N) is 1. The van der Waals surface area contributed by atoms with Crippen LogP contribution >= 0.6 is 0 Å². The summed E-state index contributed by atoms with van der Waals surface area (Å²) < 4.78 is 13.6. The molecular weight excluding hydrogens is 423 g/mol. The van der Waals surface area contributed by atoms with Gasteiger partial charge >= 0.3 is 0 Å². The van der Waals surface area contributed by atoms with E-state index in [9.17, 15) is 18.8 Å². The van der Waals surface area contributed by atoms with Crippen LogP contribution in [0.5, 0.6) is 0 Å². The van der Waals surface area contributed by atoms with E-state index in [2.05, 4.69) is 5.32 Å². The zero-order valence-corrected chi connectivity index (χ0v) is 19.5. The van der Waals surface area contributed by atoms with Gasteiger partial charge in [0.2, 0.25) is 17.7 Å². The zero-order valence-electron chi connectivity index (χ0n) is 19.5. The minimum absolute atomic E-state index is 0.109. The van der Waals surface area contributed by atoms with Gasteiger partial charge in [-0.1, -0.05) is 56.3 Å². The molecule has 2 rings (SSSR count). The molecule has 0 fully saturated rings. The summed E-state index contributed by atoms with van der Waals surface area (Å²) >= 11 is 0. The third kappa shape index (κ3) is 7.12. The summed E-state index contributed by atoms with van der Waals surface area (Å²) in [5.41, 5.74) is 13.7. The van der Waals surface area contributed by atoms with Crippen LogP contribution < -0.4 is 16.8 Å². The molecule has 2 aromatic rings. The Labute approximate surface area is 194 Å². The average molecular weight is 457 g/mol. The van der Waals surface area contributed by atoms with Crippen LogP contribution in [0.15, 0.2) is 48.5 Å². The third-order valence-corrected chi connectivity index (χ3v) is 5.60. The van der Waals surface area contributed by atoms with Crippen LogP contribution in [-0.2, 0) is 27.2 Å². The molecule has 5 N–H and O–H groups in total. The number of hydrogen-bond donors (Lipinski definition) is 3. The predicted octanol–water partition coefficient (Wildman–Crippen LogP) is 1.70. The van der Waals surface area contributed by atoms with Crippen molar-refractivity contribution in [2.24, 2.45) is 17.4 Å². The number of nitrogens with two attached hydrogens (primary N) is 2. The highest BCUT2D eigenvalue weighted by Crippen LogP contribution is 2.15. The molecule has 0 aliphatic heterocycles. The molecule has 33 heavy (non-hydrogen) atoms. The van der Waals surface area contributed by atoms with Gasteiger partial charge in [-0.05, 0) is 42.0 Å². The second-order valence-electron chi connectivity index (χ2n) is 8.69. The van der Waals surface area contributed by atoms with Gasteiger partial charge in [0.25, 0.3) is 0 Å². The van der Waals surface area contributed by atoms with Crippen molar-refractivity contribution < 1.29 is 18.8 Å². The number of amides is 3. The van der Waals surface area contributed by atoms with Crippen molar-refractivity contribution in [2.45, 2.75) is 51.7 Å². The Morgan fingerprint density at radius 1 is 1.03 bits per heavy atom. The molecule has 3 atom stereocenters. The average Bonchev–Trinajstić information content (AvgIpc) is 2.75. The quantitative estimate of drug-likeness (QED) is 0.504. The molecule has 0 aromatic heterocycles. The minimum Gasteiger partial charge on any atom is -0.368 e. The normalized spacial score (nSPS) is 13.8. The number of rotatable bonds is 10. The van der Waals surface area contributed by atoms with Crippen LogP contribution in [0.1, 0.15) is 30.5 Å². The summed E-state index contributed by atoms with van der Waals surface area (Å²) in [4.78, 5) is 39.5. The number of halogens is 1. The van der Waals surface area contributed by atoms with Crippen molar-refractivity contribution in [3.63, 3.8) is 0 Å². The summed E-state index contributed by atoms with van der Waals surface area (Å²) in [6, 6.07) is 11.2. The van der Waals surface area contributed by atoms with Gasteiger partial charge in [0.05, 0.1) is 6.04 Å². The summed E-state index contributed by atoms with van der Waals surface area (Å²) in [5, 5.41) is 2.66. The second kappa shape index (κ2) is 11.6. The molecule has 3 amide bonds. The number of primary amides is 1. The van der Waals surface area contributed by atoms with Crippen molar-refractivity contribution in [3.05, 3.63) is 71.0 Å². The lowest BCUT2D eigenvalue weighted by Crippen LogP contribution is -2.58. The van der Waals surface area contributed by atoms with Crippen LogP contribution in [0.4, 0.5) is 4.39 Å². The Hall–Kier alpha value is -3.26. The maximum Gasteiger partial charge on any atom is 0.243 e. The van der Waals surface area contributed by atoms with Crippen molar-refractivity contribution in [1.82, 2.24) is 10.2 Å². The standard InChI is InChI=1S/C25H33FN4O3/c1-15(2)22(30(4)25(33)20(27)13-17-8-6-5-7-9-17)24(32)29-21(23(28)31)14-18-10-11-19(26)16(3)12-18/h5-12,15,20-22H,13-14,27H2,1-4H3,(H2,28,31)(H,29,32)/t20-,21?,22-/m0/s1. The maximum atomic E-state index is 13.6. The highest BCUT2D eigenvalue weighted by Gasteiger charge is 2.34. The second-order valence-corrected chi connectivity index (χ2v) is 8.69. The Morgan fingerprint density at radius 3 is 2.21 bits per heavy atom. The van der Waals surface area contributed by atoms with E-state index in [4.69, 9.17) is 11.5 Å². The Balaban J connectivity index is 2.13. The molecule has 7 nitrogen and oxygen atoms in total. The monoisotopic (exact) mass is 456 g/mol. The van der Waals surface area contributed by atoms with E-state index in [1.807, 2.05) is 30.3 Å². The van der Waals surface area contributed by atoms with Gasteiger partial charge in [-0.15, -0.1) is 0 Å². The Bertz CT molecular complexity index is 981. The first-order valence-corrected chi connectivity index (χ1v) is 10.9. The van der Waals surface area contributed by atoms with Gasteiger partial charge in [0.1, 0.15) is 17.9 Å². The van der Waals surface area contributed by atoms with Crippen LogP contribution in [0.3, 0.4) is 0 Å². The molecule has 0 aliphatic carbocycles. The van der Waals surface area contributed by atoms with Crippen molar-refractivity contribution in [2.75, 3.05) is 7.05 Å². The van der Waals surface area contributed by atoms with Crippen LogP contribution in [-0.4, -0.2) is 47.8 Å². The minimum atomic E-state index is -1.01. The molecule has 0 saturated heterocycles. The highest BCUT2D eigenvalue weighted by atomic mass is 19.1. The molecule has 0 spiro atoms. The molecular formula is C25H33FN4O3. The van der Waals surface area contributed by atoms with E-state index in [0.29, 0.717) is 17.5 Å². The lowest BCUT2D eigenvalue weighted by Gasteiger charge is -2.33. The molecule has 0 heterocycles. The van der Waals surface area contributed by atoms with E-state index in [0.717, 1.165) is 5.56 Å². The Kier molecular flexibility index (Phi) is 9.11. The fourth-order valence-electron chi connectivity index (χ4n) is 3.83. The number of carbonyl (C=O) groups excluding carboxylic acids is 3. The number of likely N-dealkylation sites (N-methyl/N-ethyl adjacent to an activating group) is 1.